The zero-order chi connectivity index (χ0) is 14.8. The highest BCUT2D eigenvalue weighted by molar-refractivity contribution is 7.99. The fourth-order valence-electron chi connectivity index (χ4n) is 1.96. The number of hydrogen-bond donors (Lipinski definition) is 1. The lowest BCUT2D eigenvalue weighted by atomic mass is 10.2. The number of rotatable bonds is 5. The first-order valence-electron chi connectivity index (χ1n) is 6.76. The second-order valence-electron chi connectivity index (χ2n) is 5.10. The van der Waals surface area contributed by atoms with E-state index in [1.807, 2.05) is 18.2 Å². The van der Waals surface area contributed by atoms with Crippen LogP contribution in [0.15, 0.2) is 46.2 Å². The van der Waals surface area contributed by atoms with Gasteiger partial charge in [-0.3, -0.25) is 0 Å². The Morgan fingerprint density at radius 2 is 1.76 bits per heavy atom. The molecule has 1 nitrogen and oxygen atoms in total. The van der Waals surface area contributed by atoms with Crippen LogP contribution >= 0.6 is 46.6 Å². The molecule has 0 heterocycles. The van der Waals surface area contributed by atoms with Crippen molar-refractivity contribution in [2.75, 3.05) is 0 Å². The van der Waals surface area contributed by atoms with Gasteiger partial charge in [0.15, 0.2) is 0 Å². The lowest BCUT2D eigenvalue weighted by molar-refractivity contribution is 0.687. The molecule has 0 radical (unpaired) electrons. The van der Waals surface area contributed by atoms with Gasteiger partial charge in [-0.15, -0.1) is 0 Å². The largest absolute Gasteiger partial charge is 0.310 e. The Balaban J connectivity index is 1.74. The predicted molar refractivity (Wildman–Crippen MR) is 91.9 cm³/mol. The number of benzene rings is 2. The molecule has 3 rings (SSSR count). The maximum absolute atomic E-state index is 6.38. The molecule has 1 aliphatic carbocycles. The molecule has 1 fully saturated rings. The van der Waals surface area contributed by atoms with Crippen molar-refractivity contribution in [3.8, 4) is 0 Å². The Morgan fingerprint density at radius 1 is 0.952 bits per heavy atom. The van der Waals surface area contributed by atoms with Crippen molar-refractivity contribution < 1.29 is 0 Å². The van der Waals surface area contributed by atoms with Crippen LogP contribution in [0, 0.1) is 0 Å². The van der Waals surface area contributed by atoms with Gasteiger partial charge in [-0.05, 0) is 48.7 Å². The summed E-state index contributed by atoms with van der Waals surface area (Å²) in [5.74, 6) is 0. The Labute approximate surface area is 144 Å². The lowest BCUT2D eigenvalue weighted by Crippen LogP contribution is -2.15. The van der Waals surface area contributed by atoms with Crippen molar-refractivity contribution in [2.24, 2.45) is 0 Å². The molecule has 0 aromatic heterocycles. The first-order valence-corrected chi connectivity index (χ1v) is 8.71. The van der Waals surface area contributed by atoms with Crippen molar-refractivity contribution in [1.82, 2.24) is 5.32 Å². The first kappa shape index (κ1) is 15.5. The predicted octanol–water partition coefficient (Wildman–Crippen LogP) is 6.05. The van der Waals surface area contributed by atoms with E-state index in [0.29, 0.717) is 16.1 Å². The molecule has 0 aliphatic heterocycles. The molecule has 0 unspecified atom stereocenters. The van der Waals surface area contributed by atoms with Crippen molar-refractivity contribution in [3.63, 3.8) is 0 Å². The molecule has 1 N–H and O–H groups in total. The average Bonchev–Trinajstić information content (AvgIpc) is 3.27. The van der Waals surface area contributed by atoms with E-state index in [4.69, 9.17) is 34.8 Å². The van der Waals surface area contributed by atoms with Crippen LogP contribution < -0.4 is 5.32 Å². The molecule has 0 bridgehead atoms. The standard InChI is InChI=1S/C16H14Cl3NS/c17-11-2-5-13(18)16(8-11)21-15-6-1-10(7-14(15)19)9-20-12-3-4-12/h1-2,5-8,12,20H,3-4,9H2. The molecule has 0 spiro atoms. The molecule has 0 saturated heterocycles. The van der Waals surface area contributed by atoms with Gasteiger partial charge >= 0.3 is 0 Å². The quantitative estimate of drug-likeness (QED) is 0.698. The van der Waals surface area contributed by atoms with E-state index in [2.05, 4.69) is 11.4 Å². The summed E-state index contributed by atoms with van der Waals surface area (Å²) in [6.45, 7) is 0.868. The summed E-state index contributed by atoms with van der Waals surface area (Å²) < 4.78 is 0. The average molecular weight is 359 g/mol. The van der Waals surface area contributed by atoms with Crippen molar-refractivity contribution in [1.29, 1.82) is 0 Å². The van der Waals surface area contributed by atoms with Crippen LogP contribution in [-0.4, -0.2) is 6.04 Å². The van der Waals surface area contributed by atoms with Crippen LogP contribution in [0.5, 0.6) is 0 Å². The second-order valence-corrected chi connectivity index (χ2v) is 7.43. The van der Waals surface area contributed by atoms with E-state index in [-0.39, 0.29) is 0 Å². The van der Waals surface area contributed by atoms with E-state index in [1.54, 1.807) is 12.1 Å². The number of halogens is 3. The van der Waals surface area contributed by atoms with Crippen LogP contribution in [0.3, 0.4) is 0 Å². The molecule has 0 atom stereocenters. The SMILES string of the molecule is Clc1ccc(Cl)c(Sc2ccc(CNC3CC3)cc2Cl)c1. The van der Waals surface area contributed by atoms with Gasteiger partial charge < -0.3 is 5.32 Å². The smallest absolute Gasteiger partial charge is 0.0548 e. The summed E-state index contributed by atoms with van der Waals surface area (Å²) in [6.07, 6.45) is 2.57. The first-order chi connectivity index (χ1) is 10.1. The van der Waals surface area contributed by atoms with Gasteiger partial charge in [0.25, 0.3) is 0 Å². The molecule has 5 heteroatoms. The zero-order valence-electron chi connectivity index (χ0n) is 11.2. The summed E-state index contributed by atoms with van der Waals surface area (Å²) in [6, 6.07) is 12.3. The van der Waals surface area contributed by atoms with Crippen LogP contribution in [-0.2, 0) is 6.54 Å². The third-order valence-electron chi connectivity index (χ3n) is 3.28. The molecule has 1 aliphatic rings. The normalized spacial score (nSPS) is 14.4. The fourth-order valence-corrected chi connectivity index (χ4v) is 3.63. The van der Waals surface area contributed by atoms with Crippen molar-refractivity contribution >= 4 is 46.6 Å². The van der Waals surface area contributed by atoms with E-state index in [1.165, 1.54) is 30.2 Å². The zero-order valence-corrected chi connectivity index (χ0v) is 14.3. The van der Waals surface area contributed by atoms with E-state index in [0.717, 1.165) is 21.4 Å². The summed E-state index contributed by atoms with van der Waals surface area (Å²) in [5, 5.41) is 5.57. The Kier molecular flexibility index (Phi) is 5.03. The molecular formula is C16H14Cl3NS. The Hall–Kier alpha value is -0.380. The molecule has 0 amide bonds. The van der Waals surface area contributed by atoms with Gasteiger partial charge in [0.2, 0.25) is 0 Å². The molecular weight excluding hydrogens is 345 g/mol. The topological polar surface area (TPSA) is 12.0 Å². The maximum atomic E-state index is 6.38. The van der Waals surface area contributed by atoms with Crippen molar-refractivity contribution in [2.45, 2.75) is 35.2 Å². The fraction of sp³-hybridized carbons (Fsp3) is 0.250. The monoisotopic (exact) mass is 357 g/mol. The van der Waals surface area contributed by atoms with Gasteiger partial charge in [-0.1, -0.05) is 52.6 Å². The number of hydrogen-bond acceptors (Lipinski definition) is 2. The van der Waals surface area contributed by atoms with Crippen molar-refractivity contribution in [3.05, 3.63) is 57.0 Å². The molecule has 1 saturated carbocycles. The summed E-state index contributed by atoms with van der Waals surface area (Å²) >= 11 is 20.1. The van der Waals surface area contributed by atoms with Crippen LogP contribution in [0.2, 0.25) is 15.1 Å². The summed E-state index contributed by atoms with van der Waals surface area (Å²) in [4.78, 5) is 1.89. The van der Waals surface area contributed by atoms with E-state index < -0.39 is 0 Å². The van der Waals surface area contributed by atoms with Gasteiger partial charge in [0, 0.05) is 27.4 Å². The van der Waals surface area contributed by atoms with Crippen LogP contribution in [0.25, 0.3) is 0 Å². The third-order valence-corrected chi connectivity index (χ3v) is 5.52. The Morgan fingerprint density at radius 3 is 2.48 bits per heavy atom. The van der Waals surface area contributed by atoms with Gasteiger partial charge in [-0.25, -0.2) is 0 Å². The molecule has 2 aromatic carbocycles. The molecule has 2 aromatic rings. The van der Waals surface area contributed by atoms with E-state index in [9.17, 15) is 0 Å². The Bertz CT molecular complexity index is 656. The molecule has 110 valence electrons. The second kappa shape index (κ2) is 6.80. The maximum Gasteiger partial charge on any atom is 0.0548 e. The van der Waals surface area contributed by atoms with Gasteiger partial charge in [-0.2, -0.15) is 0 Å². The lowest BCUT2D eigenvalue weighted by Gasteiger charge is -2.09. The van der Waals surface area contributed by atoms with Crippen LogP contribution in [0.4, 0.5) is 0 Å². The van der Waals surface area contributed by atoms with E-state index >= 15 is 0 Å². The highest BCUT2D eigenvalue weighted by atomic mass is 35.5. The highest BCUT2D eigenvalue weighted by Gasteiger charge is 2.20. The minimum absolute atomic E-state index is 0.670. The summed E-state index contributed by atoms with van der Waals surface area (Å²) in [7, 11) is 0. The minimum Gasteiger partial charge on any atom is -0.310 e. The van der Waals surface area contributed by atoms with Gasteiger partial charge in [0.05, 0.1) is 10.0 Å². The highest BCUT2D eigenvalue weighted by Crippen LogP contribution is 2.38. The van der Waals surface area contributed by atoms with Gasteiger partial charge in [0.1, 0.15) is 0 Å². The van der Waals surface area contributed by atoms with Crippen LogP contribution in [0.1, 0.15) is 18.4 Å². The molecule has 21 heavy (non-hydrogen) atoms. The third kappa shape index (κ3) is 4.30. The minimum atomic E-state index is 0.670. The number of nitrogens with one attached hydrogen (secondary N) is 1. The summed E-state index contributed by atoms with van der Waals surface area (Å²) in [5.41, 5.74) is 1.20.